The van der Waals surface area contributed by atoms with Crippen molar-refractivity contribution >= 4 is 57.0 Å². The minimum atomic E-state index is -3.45. The molecule has 2 rings (SSSR count). The highest BCUT2D eigenvalue weighted by molar-refractivity contribution is 14.0. The number of benzene rings is 1. The number of aryl methyl sites for hydroxylation is 2. The van der Waals surface area contributed by atoms with Crippen LogP contribution in [0.15, 0.2) is 44.9 Å². The number of nitrogens with two attached hydrogens (primary N) is 1. The van der Waals surface area contributed by atoms with Crippen LogP contribution in [-0.4, -0.2) is 27.5 Å². The van der Waals surface area contributed by atoms with Gasteiger partial charge in [0.05, 0.1) is 6.54 Å². The highest BCUT2D eigenvalue weighted by Gasteiger charge is 2.13. The summed E-state index contributed by atoms with van der Waals surface area (Å²) >= 11 is 1.18. The fourth-order valence-electron chi connectivity index (χ4n) is 2.08. The first kappa shape index (κ1) is 20.9. The van der Waals surface area contributed by atoms with E-state index in [0.29, 0.717) is 4.21 Å². The summed E-state index contributed by atoms with van der Waals surface area (Å²) in [4.78, 5) is 4.12. The molecule has 1 aromatic carbocycles. The van der Waals surface area contributed by atoms with Gasteiger partial charge in [0, 0.05) is 12.2 Å². The van der Waals surface area contributed by atoms with E-state index in [1.54, 1.807) is 17.5 Å². The Balaban J connectivity index is 0.00000288. The van der Waals surface area contributed by atoms with Crippen molar-refractivity contribution in [2.75, 3.05) is 18.4 Å². The molecule has 0 saturated heterocycles. The Labute approximate surface area is 163 Å². The first-order chi connectivity index (χ1) is 10.9. The molecule has 1 heterocycles. The lowest BCUT2D eigenvalue weighted by molar-refractivity contribution is 0.584. The van der Waals surface area contributed by atoms with E-state index >= 15 is 0 Å². The van der Waals surface area contributed by atoms with Gasteiger partial charge in [-0.25, -0.2) is 13.1 Å². The first-order valence-electron chi connectivity index (χ1n) is 7.05. The van der Waals surface area contributed by atoms with Crippen LogP contribution >= 0.6 is 35.3 Å². The molecule has 0 fully saturated rings. The van der Waals surface area contributed by atoms with Gasteiger partial charge in [-0.05, 0) is 48.6 Å². The molecule has 0 bridgehead atoms. The summed E-state index contributed by atoms with van der Waals surface area (Å²) in [5.41, 5.74) is 8.94. The van der Waals surface area contributed by atoms with Gasteiger partial charge < -0.3 is 11.1 Å². The van der Waals surface area contributed by atoms with Crippen molar-refractivity contribution in [1.82, 2.24) is 4.72 Å². The number of hydrogen-bond acceptors (Lipinski definition) is 4. The Morgan fingerprint density at radius 1 is 1.25 bits per heavy atom. The van der Waals surface area contributed by atoms with Gasteiger partial charge >= 0.3 is 0 Å². The summed E-state index contributed by atoms with van der Waals surface area (Å²) in [6, 6.07) is 9.26. The monoisotopic (exact) mass is 480 g/mol. The molecular formula is C15H21IN4O2S2. The van der Waals surface area contributed by atoms with Crippen molar-refractivity contribution in [3.63, 3.8) is 0 Å². The molecular weight excluding hydrogens is 459 g/mol. The van der Waals surface area contributed by atoms with Crippen LogP contribution in [0.25, 0.3) is 0 Å². The average molecular weight is 480 g/mol. The lowest BCUT2D eigenvalue weighted by Gasteiger charge is -2.08. The molecule has 0 aliphatic rings. The smallest absolute Gasteiger partial charge is 0.250 e. The summed E-state index contributed by atoms with van der Waals surface area (Å²) < 4.78 is 26.6. The van der Waals surface area contributed by atoms with Gasteiger partial charge in [-0.1, -0.05) is 12.1 Å². The van der Waals surface area contributed by atoms with E-state index in [1.165, 1.54) is 11.3 Å². The number of nitrogens with zero attached hydrogens (tertiary/aromatic N) is 1. The molecule has 9 heteroatoms. The quantitative estimate of drug-likeness (QED) is 0.256. The molecule has 6 nitrogen and oxygen atoms in total. The van der Waals surface area contributed by atoms with Crippen molar-refractivity contribution < 1.29 is 8.42 Å². The van der Waals surface area contributed by atoms with E-state index in [1.807, 2.05) is 26.0 Å². The highest BCUT2D eigenvalue weighted by atomic mass is 127. The van der Waals surface area contributed by atoms with Crippen LogP contribution in [-0.2, 0) is 10.0 Å². The van der Waals surface area contributed by atoms with Crippen molar-refractivity contribution in [2.24, 2.45) is 10.7 Å². The molecule has 24 heavy (non-hydrogen) atoms. The van der Waals surface area contributed by atoms with Crippen LogP contribution in [0.4, 0.5) is 5.69 Å². The molecule has 0 spiro atoms. The summed E-state index contributed by atoms with van der Waals surface area (Å²) in [7, 11) is -3.45. The van der Waals surface area contributed by atoms with Crippen LogP contribution in [0.2, 0.25) is 0 Å². The van der Waals surface area contributed by atoms with E-state index in [2.05, 4.69) is 21.1 Å². The van der Waals surface area contributed by atoms with Gasteiger partial charge in [0.2, 0.25) is 10.0 Å². The van der Waals surface area contributed by atoms with E-state index in [0.717, 1.165) is 16.8 Å². The van der Waals surface area contributed by atoms with Gasteiger partial charge in [0.25, 0.3) is 0 Å². The number of anilines is 1. The Kier molecular flexibility index (Phi) is 8.13. The predicted molar refractivity (Wildman–Crippen MR) is 111 cm³/mol. The lowest BCUT2D eigenvalue weighted by atomic mass is 10.1. The zero-order chi connectivity index (χ0) is 16.9. The van der Waals surface area contributed by atoms with Crippen LogP contribution in [0.5, 0.6) is 0 Å². The molecule has 2 aromatic rings. The third-order valence-electron chi connectivity index (χ3n) is 2.94. The number of sulfonamides is 1. The zero-order valence-corrected chi connectivity index (χ0v) is 17.4. The van der Waals surface area contributed by atoms with Crippen LogP contribution in [0, 0.1) is 13.8 Å². The Hall–Kier alpha value is -1.17. The van der Waals surface area contributed by atoms with E-state index in [9.17, 15) is 8.42 Å². The number of hydrogen-bond donors (Lipinski definition) is 3. The van der Waals surface area contributed by atoms with Crippen LogP contribution in [0.1, 0.15) is 11.1 Å². The maximum Gasteiger partial charge on any atom is 0.250 e. The zero-order valence-electron chi connectivity index (χ0n) is 13.4. The standard InChI is InChI=1S/C15H20N4O2S2.HI/c1-11-8-12(2)10-13(9-11)19-15(16)17-5-6-18-23(20,21)14-4-3-7-22-14;/h3-4,7-10,18H,5-6H2,1-2H3,(H3,16,17,19);1H. The Morgan fingerprint density at radius 3 is 2.50 bits per heavy atom. The van der Waals surface area contributed by atoms with Gasteiger partial charge in [-0.3, -0.25) is 4.99 Å². The predicted octanol–water partition coefficient (Wildman–Crippen LogP) is 2.69. The summed E-state index contributed by atoms with van der Waals surface area (Å²) in [5.74, 6) is 0.255. The molecule has 1 aromatic heterocycles. The summed E-state index contributed by atoms with van der Waals surface area (Å²) in [5, 5.41) is 4.72. The van der Waals surface area contributed by atoms with Crippen molar-refractivity contribution in [3.8, 4) is 0 Å². The van der Waals surface area contributed by atoms with Gasteiger partial charge in [0.1, 0.15) is 4.21 Å². The maximum atomic E-state index is 11.9. The molecule has 0 aliphatic heterocycles. The summed E-state index contributed by atoms with van der Waals surface area (Å²) in [6.45, 7) is 4.46. The van der Waals surface area contributed by atoms with Crippen LogP contribution < -0.4 is 15.8 Å². The fourth-order valence-corrected chi connectivity index (χ4v) is 4.14. The number of aliphatic imine (C=N–C) groups is 1. The summed E-state index contributed by atoms with van der Waals surface area (Å²) in [6.07, 6.45) is 0. The Bertz CT molecular complexity index is 770. The second-order valence-corrected chi connectivity index (χ2v) is 8.04. The first-order valence-corrected chi connectivity index (χ1v) is 9.41. The topological polar surface area (TPSA) is 96.6 Å². The van der Waals surface area contributed by atoms with E-state index in [-0.39, 0.29) is 43.0 Å². The van der Waals surface area contributed by atoms with Gasteiger partial charge in [-0.2, -0.15) is 0 Å². The van der Waals surface area contributed by atoms with Crippen molar-refractivity contribution in [3.05, 3.63) is 46.8 Å². The molecule has 0 radical (unpaired) electrons. The second-order valence-electron chi connectivity index (χ2n) is 5.10. The number of nitrogens with one attached hydrogen (secondary N) is 2. The molecule has 0 atom stereocenters. The maximum absolute atomic E-state index is 11.9. The molecule has 0 aliphatic carbocycles. The highest BCUT2D eigenvalue weighted by Crippen LogP contribution is 2.15. The van der Waals surface area contributed by atoms with Crippen LogP contribution in [0.3, 0.4) is 0 Å². The third kappa shape index (κ3) is 6.38. The number of thiophene rings is 1. The average Bonchev–Trinajstić information content (AvgIpc) is 2.97. The molecule has 4 N–H and O–H groups in total. The third-order valence-corrected chi connectivity index (χ3v) is 5.80. The molecule has 0 amide bonds. The number of halogens is 1. The van der Waals surface area contributed by atoms with Crippen molar-refractivity contribution in [2.45, 2.75) is 18.1 Å². The van der Waals surface area contributed by atoms with Gasteiger partial charge in [-0.15, -0.1) is 35.3 Å². The minimum absolute atomic E-state index is 0. The molecule has 132 valence electrons. The number of rotatable bonds is 6. The second kappa shape index (κ2) is 9.35. The van der Waals surface area contributed by atoms with Gasteiger partial charge in [0.15, 0.2) is 5.96 Å². The normalized spacial score (nSPS) is 11.8. The molecule has 0 unspecified atom stereocenters. The number of guanidine groups is 1. The SMILES string of the molecule is Cc1cc(C)cc(NC(N)=NCCNS(=O)(=O)c2cccs2)c1.I. The van der Waals surface area contributed by atoms with Crippen molar-refractivity contribution in [1.29, 1.82) is 0 Å². The fraction of sp³-hybridized carbons (Fsp3) is 0.267. The van der Waals surface area contributed by atoms with E-state index < -0.39 is 10.0 Å². The van der Waals surface area contributed by atoms with E-state index in [4.69, 9.17) is 5.73 Å². The largest absolute Gasteiger partial charge is 0.370 e. The Morgan fingerprint density at radius 2 is 1.92 bits per heavy atom. The minimum Gasteiger partial charge on any atom is -0.370 e. The molecule has 0 saturated carbocycles. The lowest BCUT2D eigenvalue weighted by Crippen LogP contribution is -2.28.